The van der Waals surface area contributed by atoms with Crippen LogP contribution in [0.1, 0.15) is 31.0 Å². The normalized spacial score (nSPS) is 11.0. The average molecular weight is 351 g/mol. The standard InChI is InChI=1S/C26H25N/c1-3-4-12-25-24-14-9-8-13-23(24)19(2)27-26(25)22-17-15-21(16-18-22)20-10-6-5-7-11-20/h5-11,13-18H,3-4,12H2,1-2H3. The number of aryl methyl sites for hydroxylation is 2. The molecule has 0 aliphatic carbocycles. The van der Waals surface area contributed by atoms with E-state index in [-0.39, 0.29) is 0 Å². The Hall–Kier alpha value is -2.93. The third kappa shape index (κ3) is 3.50. The molecule has 4 rings (SSSR count). The lowest BCUT2D eigenvalue weighted by Gasteiger charge is -2.15. The first-order valence-electron chi connectivity index (χ1n) is 9.82. The molecule has 1 heterocycles. The van der Waals surface area contributed by atoms with E-state index in [2.05, 4.69) is 92.7 Å². The fourth-order valence-corrected chi connectivity index (χ4v) is 3.78. The van der Waals surface area contributed by atoms with Gasteiger partial charge in [0.05, 0.1) is 5.69 Å². The lowest BCUT2D eigenvalue weighted by molar-refractivity contribution is 0.797. The molecule has 1 aromatic heterocycles. The Bertz CT molecular complexity index is 1050. The summed E-state index contributed by atoms with van der Waals surface area (Å²) in [6, 6.07) is 28.1. The molecule has 4 aromatic rings. The van der Waals surface area contributed by atoms with E-state index in [0.29, 0.717) is 0 Å². The first-order chi connectivity index (χ1) is 13.3. The van der Waals surface area contributed by atoms with Crippen LogP contribution in [0.25, 0.3) is 33.2 Å². The van der Waals surface area contributed by atoms with E-state index in [1.54, 1.807) is 0 Å². The third-order valence-corrected chi connectivity index (χ3v) is 5.25. The molecular formula is C26H25N. The maximum absolute atomic E-state index is 5.03. The fourth-order valence-electron chi connectivity index (χ4n) is 3.78. The van der Waals surface area contributed by atoms with Crippen LogP contribution in [0.4, 0.5) is 0 Å². The molecule has 0 saturated carbocycles. The molecule has 0 fully saturated rings. The fraction of sp³-hybridized carbons (Fsp3) is 0.192. The number of unbranched alkanes of at least 4 members (excludes halogenated alkanes) is 1. The van der Waals surface area contributed by atoms with Gasteiger partial charge in [-0.3, -0.25) is 4.98 Å². The Kier molecular flexibility index (Phi) is 5.02. The largest absolute Gasteiger partial charge is 0.252 e. The van der Waals surface area contributed by atoms with Gasteiger partial charge in [-0.1, -0.05) is 92.2 Å². The van der Waals surface area contributed by atoms with Crippen molar-refractivity contribution in [2.24, 2.45) is 0 Å². The molecule has 0 aliphatic rings. The summed E-state index contributed by atoms with van der Waals surface area (Å²) in [4.78, 5) is 5.03. The average Bonchev–Trinajstić information content (AvgIpc) is 2.74. The van der Waals surface area contributed by atoms with Crippen molar-refractivity contribution in [3.05, 3.63) is 90.1 Å². The van der Waals surface area contributed by atoms with E-state index in [1.165, 1.54) is 45.9 Å². The summed E-state index contributed by atoms with van der Waals surface area (Å²) in [6.45, 7) is 4.37. The quantitative estimate of drug-likeness (QED) is 0.370. The number of hydrogen-bond donors (Lipinski definition) is 0. The van der Waals surface area contributed by atoms with Crippen molar-refractivity contribution in [1.82, 2.24) is 4.98 Å². The molecule has 0 N–H and O–H groups in total. The van der Waals surface area contributed by atoms with Crippen LogP contribution in [0.2, 0.25) is 0 Å². The maximum atomic E-state index is 5.03. The van der Waals surface area contributed by atoms with Crippen LogP contribution in [0.3, 0.4) is 0 Å². The van der Waals surface area contributed by atoms with Crippen molar-refractivity contribution in [3.63, 3.8) is 0 Å². The molecular weight excluding hydrogens is 326 g/mol. The second-order valence-corrected chi connectivity index (χ2v) is 7.12. The molecule has 134 valence electrons. The van der Waals surface area contributed by atoms with Gasteiger partial charge in [0.25, 0.3) is 0 Å². The number of aromatic nitrogens is 1. The van der Waals surface area contributed by atoms with E-state index in [1.807, 2.05) is 0 Å². The highest BCUT2D eigenvalue weighted by Gasteiger charge is 2.13. The highest BCUT2D eigenvalue weighted by molar-refractivity contribution is 5.92. The summed E-state index contributed by atoms with van der Waals surface area (Å²) in [5.41, 5.74) is 7.32. The Morgan fingerprint density at radius 3 is 1.96 bits per heavy atom. The number of nitrogens with zero attached hydrogens (tertiary/aromatic N) is 1. The van der Waals surface area contributed by atoms with Gasteiger partial charge in [0.2, 0.25) is 0 Å². The Morgan fingerprint density at radius 1 is 0.667 bits per heavy atom. The highest BCUT2D eigenvalue weighted by atomic mass is 14.7. The number of benzene rings is 3. The van der Waals surface area contributed by atoms with Crippen LogP contribution in [-0.2, 0) is 6.42 Å². The van der Waals surface area contributed by atoms with Crippen molar-refractivity contribution < 1.29 is 0 Å². The Labute approximate surface area is 161 Å². The number of hydrogen-bond acceptors (Lipinski definition) is 1. The minimum Gasteiger partial charge on any atom is -0.252 e. The number of fused-ring (bicyclic) bond motifs is 1. The van der Waals surface area contributed by atoms with E-state index < -0.39 is 0 Å². The maximum Gasteiger partial charge on any atom is 0.0743 e. The zero-order chi connectivity index (χ0) is 18.6. The summed E-state index contributed by atoms with van der Waals surface area (Å²) in [6.07, 6.45) is 3.44. The molecule has 27 heavy (non-hydrogen) atoms. The van der Waals surface area contributed by atoms with Gasteiger partial charge < -0.3 is 0 Å². The SMILES string of the molecule is CCCCc1c(-c2ccc(-c3ccccc3)cc2)nc(C)c2ccccc12. The van der Waals surface area contributed by atoms with Crippen LogP contribution in [0.15, 0.2) is 78.9 Å². The van der Waals surface area contributed by atoms with Crippen molar-refractivity contribution in [3.8, 4) is 22.4 Å². The summed E-state index contributed by atoms with van der Waals surface area (Å²) >= 11 is 0. The Morgan fingerprint density at radius 2 is 1.26 bits per heavy atom. The van der Waals surface area contributed by atoms with E-state index >= 15 is 0 Å². The lowest BCUT2D eigenvalue weighted by atomic mass is 9.94. The topological polar surface area (TPSA) is 12.9 Å². The molecule has 0 unspecified atom stereocenters. The predicted octanol–water partition coefficient (Wildman–Crippen LogP) is 7.22. The molecule has 0 atom stereocenters. The zero-order valence-electron chi connectivity index (χ0n) is 16.1. The summed E-state index contributed by atoms with van der Waals surface area (Å²) < 4.78 is 0. The van der Waals surface area contributed by atoms with Crippen LogP contribution in [-0.4, -0.2) is 4.98 Å². The van der Waals surface area contributed by atoms with Crippen molar-refractivity contribution in [2.75, 3.05) is 0 Å². The van der Waals surface area contributed by atoms with Crippen LogP contribution >= 0.6 is 0 Å². The molecule has 3 aromatic carbocycles. The van der Waals surface area contributed by atoms with E-state index in [9.17, 15) is 0 Å². The zero-order valence-corrected chi connectivity index (χ0v) is 16.1. The second-order valence-electron chi connectivity index (χ2n) is 7.12. The van der Waals surface area contributed by atoms with Gasteiger partial charge in [-0.15, -0.1) is 0 Å². The summed E-state index contributed by atoms with van der Waals surface area (Å²) in [7, 11) is 0. The first kappa shape index (κ1) is 17.5. The van der Waals surface area contributed by atoms with Gasteiger partial charge in [-0.25, -0.2) is 0 Å². The molecule has 1 nitrogen and oxygen atoms in total. The summed E-state index contributed by atoms with van der Waals surface area (Å²) in [5.74, 6) is 0. The van der Waals surface area contributed by atoms with Gasteiger partial charge in [-0.2, -0.15) is 0 Å². The van der Waals surface area contributed by atoms with Gasteiger partial charge in [0.15, 0.2) is 0 Å². The van der Waals surface area contributed by atoms with Gasteiger partial charge >= 0.3 is 0 Å². The number of pyridine rings is 1. The van der Waals surface area contributed by atoms with E-state index in [0.717, 1.165) is 17.8 Å². The molecule has 0 amide bonds. The highest BCUT2D eigenvalue weighted by Crippen LogP contribution is 2.32. The van der Waals surface area contributed by atoms with Crippen LogP contribution in [0, 0.1) is 6.92 Å². The molecule has 0 radical (unpaired) electrons. The van der Waals surface area contributed by atoms with Crippen molar-refractivity contribution in [1.29, 1.82) is 0 Å². The molecule has 0 aliphatic heterocycles. The summed E-state index contributed by atoms with van der Waals surface area (Å²) in [5, 5.41) is 2.62. The smallest absolute Gasteiger partial charge is 0.0743 e. The third-order valence-electron chi connectivity index (χ3n) is 5.25. The van der Waals surface area contributed by atoms with Crippen LogP contribution in [0.5, 0.6) is 0 Å². The van der Waals surface area contributed by atoms with E-state index in [4.69, 9.17) is 4.98 Å². The minimum atomic E-state index is 1.07. The van der Waals surface area contributed by atoms with Gasteiger partial charge in [-0.05, 0) is 41.8 Å². The molecule has 0 spiro atoms. The molecule has 0 saturated heterocycles. The molecule has 0 bridgehead atoms. The molecule has 1 heteroatoms. The first-order valence-corrected chi connectivity index (χ1v) is 9.82. The van der Waals surface area contributed by atoms with Crippen LogP contribution < -0.4 is 0 Å². The Balaban J connectivity index is 1.83. The van der Waals surface area contributed by atoms with Gasteiger partial charge in [0.1, 0.15) is 0 Å². The lowest BCUT2D eigenvalue weighted by Crippen LogP contribution is -1.99. The van der Waals surface area contributed by atoms with Crippen molar-refractivity contribution >= 4 is 10.8 Å². The predicted molar refractivity (Wildman–Crippen MR) is 116 cm³/mol. The minimum absolute atomic E-state index is 1.07. The van der Waals surface area contributed by atoms with Gasteiger partial charge in [0, 0.05) is 16.6 Å². The number of rotatable bonds is 5. The second kappa shape index (κ2) is 7.75. The van der Waals surface area contributed by atoms with Crippen molar-refractivity contribution in [2.45, 2.75) is 33.1 Å². The monoisotopic (exact) mass is 351 g/mol.